The largest absolute Gasteiger partial charge is 0.479 e. The van der Waals surface area contributed by atoms with Gasteiger partial charge in [0, 0.05) is 11.6 Å². The Balaban J connectivity index is 3.58. The first-order valence-corrected chi connectivity index (χ1v) is 4.50. The lowest BCUT2D eigenvalue weighted by Gasteiger charge is -2.08. The molecule has 92 valence electrons. The monoisotopic (exact) mass is 250 g/mol. The minimum absolute atomic E-state index is 0.239. The molecule has 0 aliphatic carbocycles. The smallest absolute Gasteiger partial charge is 0.337 e. The van der Waals surface area contributed by atoms with Crippen molar-refractivity contribution in [1.82, 2.24) is 0 Å². The Morgan fingerprint density at radius 1 is 1.56 bits per heavy atom. The number of rotatable bonds is 4. The maximum atomic E-state index is 10.7. The molecule has 1 unspecified atom stereocenters. The van der Waals surface area contributed by atoms with Gasteiger partial charge in [-0.05, 0) is 6.07 Å². The van der Waals surface area contributed by atoms with E-state index in [0.717, 1.165) is 12.1 Å². The molecule has 0 aliphatic heterocycles. The standard InChI is InChI=1S/C10H6N2O6/c11-3-5-1-7(9(14)10(15)16)8(12(17)18)2-6(5)4-13/h1-2,4,9,14H,(H,15,16). The number of benzene rings is 1. The molecule has 0 radical (unpaired) electrons. The van der Waals surface area contributed by atoms with Crippen LogP contribution in [0.1, 0.15) is 27.6 Å². The molecule has 0 bridgehead atoms. The lowest BCUT2D eigenvalue weighted by molar-refractivity contribution is -0.386. The van der Waals surface area contributed by atoms with Crippen LogP contribution in [0.25, 0.3) is 0 Å². The molecule has 0 aromatic heterocycles. The van der Waals surface area contributed by atoms with Crippen LogP contribution in [0, 0.1) is 21.4 Å². The number of nitrogens with zero attached hydrogens (tertiary/aromatic N) is 2. The third-order valence-electron chi connectivity index (χ3n) is 2.17. The number of aliphatic carboxylic acids is 1. The fourth-order valence-electron chi connectivity index (χ4n) is 1.33. The Morgan fingerprint density at radius 3 is 2.56 bits per heavy atom. The highest BCUT2D eigenvalue weighted by Gasteiger charge is 2.27. The van der Waals surface area contributed by atoms with E-state index in [4.69, 9.17) is 10.4 Å². The van der Waals surface area contributed by atoms with Crippen LogP contribution in [-0.2, 0) is 4.79 Å². The van der Waals surface area contributed by atoms with Crippen LogP contribution in [0.4, 0.5) is 5.69 Å². The summed E-state index contributed by atoms with van der Waals surface area (Å²) in [7, 11) is 0. The molecule has 0 saturated heterocycles. The van der Waals surface area contributed by atoms with Crippen molar-refractivity contribution < 1.29 is 24.7 Å². The predicted molar refractivity (Wildman–Crippen MR) is 55.8 cm³/mol. The highest BCUT2D eigenvalue weighted by Crippen LogP contribution is 2.28. The van der Waals surface area contributed by atoms with Gasteiger partial charge >= 0.3 is 5.97 Å². The van der Waals surface area contributed by atoms with Gasteiger partial charge < -0.3 is 10.2 Å². The highest BCUT2D eigenvalue weighted by atomic mass is 16.6. The molecule has 8 nitrogen and oxygen atoms in total. The molecule has 18 heavy (non-hydrogen) atoms. The third-order valence-corrected chi connectivity index (χ3v) is 2.17. The van der Waals surface area contributed by atoms with Crippen molar-refractivity contribution >= 4 is 17.9 Å². The number of aliphatic hydroxyl groups is 1. The predicted octanol–water partition coefficient (Wildman–Crippen LogP) is 0.397. The van der Waals surface area contributed by atoms with Crippen molar-refractivity contribution in [2.24, 2.45) is 0 Å². The number of carboxylic acids is 1. The zero-order chi connectivity index (χ0) is 13.9. The van der Waals surface area contributed by atoms with Crippen molar-refractivity contribution in [3.05, 3.63) is 38.9 Å². The highest BCUT2D eigenvalue weighted by molar-refractivity contribution is 5.83. The van der Waals surface area contributed by atoms with Gasteiger partial charge in [0.05, 0.1) is 22.1 Å². The lowest BCUT2D eigenvalue weighted by Crippen LogP contribution is -2.13. The molecule has 8 heteroatoms. The Bertz CT molecular complexity index is 574. The molecule has 0 spiro atoms. The summed E-state index contributed by atoms with van der Waals surface area (Å²) >= 11 is 0. The van der Waals surface area contributed by atoms with Gasteiger partial charge in [-0.15, -0.1) is 0 Å². The van der Waals surface area contributed by atoms with Crippen LogP contribution in [0.3, 0.4) is 0 Å². The van der Waals surface area contributed by atoms with Gasteiger partial charge in [0.2, 0.25) is 0 Å². The van der Waals surface area contributed by atoms with Gasteiger partial charge in [0.25, 0.3) is 5.69 Å². The van der Waals surface area contributed by atoms with E-state index in [1.807, 2.05) is 0 Å². The fourth-order valence-corrected chi connectivity index (χ4v) is 1.33. The molecule has 0 saturated carbocycles. The molecular formula is C10H6N2O6. The van der Waals surface area contributed by atoms with Crippen LogP contribution in [-0.4, -0.2) is 27.4 Å². The molecule has 2 N–H and O–H groups in total. The summed E-state index contributed by atoms with van der Waals surface area (Å²) in [6.45, 7) is 0. The van der Waals surface area contributed by atoms with Crippen molar-refractivity contribution in [2.45, 2.75) is 6.10 Å². The van der Waals surface area contributed by atoms with Crippen LogP contribution >= 0.6 is 0 Å². The second kappa shape index (κ2) is 5.03. The first kappa shape index (κ1) is 13.3. The quantitative estimate of drug-likeness (QED) is 0.447. The summed E-state index contributed by atoms with van der Waals surface area (Å²) in [4.78, 5) is 31.0. The van der Waals surface area contributed by atoms with Gasteiger partial charge in [-0.25, -0.2) is 4.79 Å². The summed E-state index contributed by atoms with van der Waals surface area (Å²) in [6, 6.07) is 3.17. The molecule has 0 amide bonds. The van der Waals surface area contributed by atoms with Crippen molar-refractivity contribution in [3.8, 4) is 6.07 Å². The average molecular weight is 250 g/mol. The Morgan fingerprint density at radius 2 is 2.17 bits per heavy atom. The zero-order valence-electron chi connectivity index (χ0n) is 8.73. The number of hydrogen-bond donors (Lipinski definition) is 2. The minimum atomic E-state index is -2.14. The minimum Gasteiger partial charge on any atom is -0.479 e. The van der Waals surface area contributed by atoms with E-state index < -0.39 is 28.2 Å². The number of carboxylic acid groups (broad SMARTS) is 1. The maximum Gasteiger partial charge on any atom is 0.337 e. The summed E-state index contributed by atoms with van der Waals surface area (Å²) < 4.78 is 0. The summed E-state index contributed by atoms with van der Waals surface area (Å²) in [6.07, 6.45) is -1.90. The number of aldehydes is 1. The van der Waals surface area contributed by atoms with Crippen molar-refractivity contribution in [3.63, 3.8) is 0 Å². The van der Waals surface area contributed by atoms with E-state index in [1.165, 1.54) is 0 Å². The Kier molecular flexibility index (Phi) is 3.71. The molecule has 1 rings (SSSR count). The van der Waals surface area contributed by atoms with E-state index in [2.05, 4.69) is 0 Å². The van der Waals surface area contributed by atoms with Crippen molar-refractivity contribution in [2.75, 3.05) is 0 Å². The maximum absolute atomic E-state index is 10.7. The molecule has 0 fully saturated rings. The fraction of sp³-hybridized carbons (Fsp3) is 0.100. The Hall–Kier alpha value is -2.79. The van der Waals surface area contributed by atoms with E-state index in [-0.39, 0.29) is 17.4 Å². The second-order valence-corrected chi connectivity index (χ2v) is 3.23. The first-order valence-electron chi connectivity index (χ1n) is 4.50. The van der Waals surface area contributed by atoms with E-state index in [1.54, 1.807) is 6.07 Å². The van der Waals surface area contributed by atoms with Crippen LogP contribution < -0.4 is 0 Å². The normalized spacial score (nSPS) is 11.3. The van der Waals surface area contributed by atoms with E-state index >= 15 is 0 Å². The average Bonchev–Trinajstić information content (AvgIpc) is 2.35. The molecular weight excluding hydrogens is 244 g/mol. The number of nitriles is 1. The third kappa shape index (κ3) is 2.31. The molecule has 0 heterocycles. The topological polar surface area (TPSA) is 142 Å². The number of aliphatic hydroxyl groups excluding tert-OH is 1. The zero-order valence-corrected chi connectivity index (χ0v) is 8.73. The van der Waals surface area contributed by atoms with E-state index in [9.17, 15) is 24.8 Å². The number of hydrogen-bond acceptors (Lipinski definition) is 6. The summed E-state index contributed by atoms with van der Waals surface area (Å²) in [5.41, 5.74) is -1.77. The van der Waals surface area contributed by atoms with Gasteiger partial charge in [-0.1, -0.05) is 0 Å². The van der Waals surface area contributed by atoms with Crippen molar-refractivity contribution in [1.29, 1.82) is 5.26 Å². The lowest BCUT2D eigenvalue weighted by atomic mass is 10.00. The SMILES string of the molecule is N#Cc1cc(C(O)C(=O)O)c([N+](=O)[O-])cc1C=O. The van der Waals surface area contributed by atoms with Crippen LogP contribution in [0.5, 0.6) is 0 Å². The number of nitro benzene ring substituents is 1. The number of carbonyl (C=O) groups excluding carboxylic acids is 1. The van der Waals surface area contributed by atoms with E-state index in [0.29, 0.717) is 0 Å². The van der Waals surface area contributed by atoms with Gasteiger partial charge in [0.15, 0.2) is 12.4 Å². The Labute approximate surface area is 99.8 Å². The van der Waals surface area contributed by atoms with Gasteiger partial charge in [-0.3, -0.25) is 14.9 Å². The number of nitro groups is 1. The first-order chi connectivity index (χ1) is 8.42. The van der Waals surface area contributed by atoms with Crippen LogP contribution in [0.2, 0.25) is 0 Å². The molecule has 1 aromatic rings. The molecule has 1 atom stereocenters. The van der Waals surface area contributed by atoms with Gasteiger partial charge in [0.1, 0.15) is 0 Å². The van der Waals surface area contributed by atoms with Crippen LogP contribution in [0.15, 0.2) is 12.1 Å². The summed E-state index contributed by atoms with van der Waals surface area (Å²) in [5, 5.41) is 37.4. The molecule has 1 aromatic carbocycles. The summed E-state index contributed by atoms with van der Waals surface area (Å²) in [5.74, 6) is -1.69. The number of carbonyl (C=O) groups is 2. The molecule has 0 aliphatic rings. The van der Waals surface area contributed by atoms with Gasteiger partial charge in [-0.2, -0.15) is 5.26 Å². The second-order valence-electron chi connectivity index (χ2n) is 3.23.